The molecule has 0 saturated carbocycles. The van der Waals surface area contributed by atoms with Gasteiger partial charge in [-0.1, -0.05) is 17.8 Å². The third-order valence-electron chi connectivity index (χ3n) is 4.02. The van der Waals surface area contributed by atoms with Crippen LogP contribution >= 0.6 is 24.0 Å². The van der Waals surface area contributed by atoms with E-state index in [0.29, 0.717) is 5.56 Å². The average molecular weight is 383 g/mol. The van der Waals surface area contributed by atoms with Crippen molar-refractivity contribution >= 4 is 40.9 Å². The minimum Gasteiger partial charge on any atom is -0.341 e. The summed E-state index contributed by atoms with van der Waals surface area (Å²) in [5, 5.41) is 4.86. The number of hydrogen-bond donors (Lipinski definition) is 2. The van der Waals surface area contributed by atoms with Crippen molar-refractivity contribution in [1.29, 1.82) is 0 Å². The van der Waals surface area contributed by atoms with Crippen molar-refractivity contribution in [3.8, 4) is 0 Å². The smallest absolute Gasteiger partial charge is 0.341 e. The van der Waals surface area contributed by atoms with Crippen LogP contribution in [-0.4, -0.2) is 16.3 Å². The van der Waals surface area contributed by atoms with Crippen LogP contribution in [0, 0.1) is 5.82 Å². The van der Waals surface area contributed by atoms with Gasteiger partial charge in [-0.05, 0) is 42.1 Å². The van der Waals surface area contributed by atoms with Crippen molar-refractivity contribution in [3.05, 3.63) is 58.5 Å². The summed E-state index contributed by atoms with van der Waals surface area (Å²) in [7, 11) is 0. The number of anilines is 1. The number of rotatable bonds is 1. The first-order chi connectivity index (χ1) is 11.8. The Morgan fingerprint density at radius 2 is 2.04 bits per heavy atom. The van der Waals surface area contributed by atoms with Crippen molar-refractivity contribution in [1.82, 2.24) is 10.3 Å². The topological polar surface area (TPSA) is 37.0 Å². The Morgan fingerprint density at radius 3 is 2.72 bits per heavy atom. The number of thioether (sulfide) groups is 1. The molecule has 1 unspecified atom stereocenters. The fourth-order valence-electron chi connectivity index (χ4n) is 2.99. The summed E-state index contributed by atoms with van der Waals surface area (Å²) in [5.74, 6) is -0.705. The van der Waals surface area contributed by atoms with Gasteiger partial charge in [-0.3, -0.25) is 4.98 Å². The van der Waals surface area contributed by atoms with E-state index in [1.54, 1.807) is 12.1 Å². The van der Waals surface area contributed by atoms with Crippen LogP contribution < -0.4 is 10.6 Å². The van der Waals surface area contributed by atoms with E-state index in [9.17, 15) is 17.6 Å². The Bertz CT molecular complexity index is 912. The number of benzene rings is 1. The average Bonchev–Trinajstić information content (AvgIpc) is 2.88. The maximum Gasteiger partial charge on any atom is 0.420 e. The van der Waals surface area contributed by atoms with Crippen LogP contribution in [0.25, 0.3) is 6.08 Å². The molecule has 0 amide bonds. The second kappa shape index (κ2) is 5.43. The summed E-state index contributed by atoms with van der Waals surface area (Å²) in [4.78, 5) is 3.75. The molecular formula is C16H9F4N3S2. The lowest BCUT2D eigenvalue weighted by Gasteiger charge is -2.39. The van der Waals surface area contributed by atoms with Gasteiger partial charge >= 0.3 is 6.18 Å². The Morgan fingerprint density at radius 1 is 1.24 bits per heavy atom. The molecule has 2 N–H and O–H groups in total. The molecule has 0 fully saturated rings. The molecule has 1 aromatic heterocycles. The second-order valence-corrected chi connectivity index (χ2v) is 6.98. The third-order valence-corrected chi connectivity index (χ3v) is 5.47. The molecule has 0 radical (unpaired) electrons. The third kappa shape index (κ3) is 2.33. The molecule has 1 atom stereocenters. The van der Waals surface area contributed by atoms with E-state index in [-0.39, 0.29) is 26.2 Å². The van der Waals surface area contributed by atoms with Gasteiger partial charge in [-0.15, -0.1) is 0 Å². The van der Waals surface area contributed by atoms with E-state index in [1.165, 1.54) is 24.5 Å². The summed E-state index contributed by atoms with van der Waals surface area (Å²) in [5.41, 5.74) is -2.13. The fraction of sp³-hybridized carbons (Fsp3) is 0.125. The molecule has 0 bridgehead atoms. The highest BCUT2D eigenvalue weighted by atomic mass is 32.2. The molecule has 0 spiro atoms. The monoisotopic (exact) mass is 383 g/mol. The number of alkyl halides is 3. The standard InChI is InChI=1S/C16H9F4N3S2/c17-9-3-4-10-12-13(9)25-11(6-8-2-1-5-21-7-8)15(12,16(18,19)20)23-14(24)22-10/h1-7H,(H2,22,23,24). The first-order valence-corrected chi connectivity index (χ1v) is 8.34. The number of nitrogens with one attached hydrogen (secondary N) is 2. The Hall–Kier alpha value is -2.13. The van der Waals surface area contributed by atoms with Crippen LogP contribution in [0.1, 0.15) is 11.1 Å². The minimum atomic E-state index is -4.73. The quantitative estimate of drug-likeness (QED) is 0.563. The van der Waals surface area contributed by atoms with E-state index in [1.807, 2.05) is 0 Å². The van der Waals surface area contributed by atoms with E-state index in [2.05, 4.69) is 15.6 Å². The van der Waals surface area contributed by atoms with Crippen molar-refractivity contribution in [2.75, 3.05) is 5.32 Å². The number of nitrogens with zero attached hydrogens (tertiary/aromatic N) is 1. The molecule has 25 heavy (non-hydrogen) atoms. The number of halogens is 4. The summed E-state index contributed by atoms with van der Waals surface area (Å²) >= 11 is 5.72. The van der Waals surface area contributed by atoms with Crippen molar-refractivity contribution < 1.29 is 17.6 Å². The van der Waals surface area contributed by atoms with E-state index in [4.69, 9.17) is 12.2 Å². The summed E-state index contributed by atoms with van der Waals surface area (Å²) in [6.07, 6.45) is -0.408. The summed E-state index contributed by atoms with van der Waals surface area (Å²) in [6.45, 7) is 0. The highest BCUT2D eigenvalue weighted by molar-refractivity contribution is 8.03. The minimum absolute atomic E-state index is 0.0625. The lowest BCUT2D eigenvalue weighted by atomic mass is 9.85. The molecule has 2 aliphatic heterocycles. The molecule has 0 saturated heterocycles. The number of hydrogen-bond acceptors (Lipinski definition) is 3. The molecule has 1 aromatic carbocycles. The number of thiocarbonyl (C=S) groups is 1. The van der Waals surface area contributed by atoms with Crippen LogP contribution in [0.5, 0.6) is 0 Å². The van der Waals surface area contributed by atoms with Crippen molar-refractivity contribution in [2.45, 2.75) is 16.6 Å². The van der Waals surface area contributed by atoms with Crippen LogP contribution in [0.2, 0.25) is 0 Å². The molecular weight excluding hydrogens is 374 g/mol. The van der Waals surface area contributed by atoms with E-state index >= 15 is 0 Å². The summed E-state index contributed by atoms with van der Waals surface area (Å²) < 4.78 is 56.9. The Labute approximate surface area is 149 Å². The van der Waals surface area contributed by atoms with Gasteiger partial charge < -0.3 is 10.6 Å². The molecule has 9 heteroatoms. The Balaban J connectivity index is 2.03. The zero-order valence-electron chi connectivity index (χ0n) is 12.3. The van der Waals surface area contributed by atoms with Gasteiger partial charge in [0.05, 0.1) is 4.90 Å². The van der Waals surface area contributed by atoms with Crippen LogP contribution in [0.3, 0.4) is 0 Å². The fourth-order valence-corrected chi connectivity index (χ4v) is 4.62. The zero-order chi connectivity index (χ0) is 17.8. The lowest BCUT2D eigenvalue weighted by Crippen LogP contribution is -2.59. The Kier molecular flexibility index (Phi) is 3.55. The van der Waals surface area contributed by atoms with E-state index in [0.717, 1.165) is 17.8 Å². The highest BCUT2D eigenvalue weighted by Crippen LogP contribution is 2.62. The normalized spacial score (nSPS) is 23.2. The predicted molar refractivity (Wildman–Crippen MR) is 91.6 cm³/mol. The largest absolute Gasteiger partial charge is 0.420 e. The molecule has 0 aliphatic carbocycles. The maximum absolute atomic E-state index is 14.3. The molecule has 2 aromatic rings. The molecule has 3 nitrogen and oxygen atoms in total. The van der Waals surface area contributed by atoms with Crippen molar-refractivity contribution in [2.24, 2.45) is 0 Å². The number of pyridine rings is 1. The number of aromatic nitrogens is 1. The van der Waals surface area contributed by atoms with Gasteiger partial charge in [0, 0.05) is 28.5 Å². The van der Waals surface area contributed by atoms with E-state index < -0.39 is 17.5 Å². The molecule has 128 valence electrons. The molecule has 4 rings (SSSR count). The van der Waals surface area contributed by atoms with Crippen LogP contribution in [-0.2, 0) is 5.54 Å². The van der Waals surface area contributed by atoms with Gasteiger partial charge in [0.15, 0.2) is 10.7 Å². The van der Waals surface area contributed by atoms with Crippen LogP contribution in [0.4, 0.5) is 23.2 Å². The van der Waals surface area contributed by atoms with Crippen molar-refractivity contribution in [3.63, 3.8) is 0 Å². The zero-order valence-corrected chi connectivity index (χ0v) is 14.0. The summed E-state index contributed by atoms with van der Waals surface area (Å²) in [6, 6.07) is 5.65. The maximum atomic E-state index is 14.3. The lowest BCUT2D eigenvalue weighted by molar-refractivity contribution is -0.181. The molecule has 3 heterocycles. The van der Waals surface area contributed by atoms with Crippen LogP contribution in [0.15, 0.2) is 46.5 Å². The van der Waals surface area contributed by atoms with Gasteiger partial charge in [0.2, 0.25) is 0 Å². The first kappa shape index (κ1) is 16.3. The van der Waals surface area contributed by atoms with Gasteiger partial charge in [-0.25, -0.2) is 4.39 Å². The van der Waals surface area contributed by atoms with Gasteiger partial charge in [-0.2, -0.15) is 13.2 Å². The second-order valence-electron chi connectivity index (χ2n) is 5.52. The predicted octanol–water partition coefficient (Wildman–Crippen LogP) is 4.43. The SMILES string of the molecule is Fc1ccc2c3c1SC(=Cc1cccnc1)C3(C(F)(F)F)NC(=S)N2. The first-order valence-electron chi connectivity index (χ1n) is 7.12. The van der Waals surface area contributed by atoms with Gasteiger partial charge in [0.1, 0.15) is 5.82 Å². The van der Waals surface area contributed by atoms with Gasteiger partial charge in [0.25, 0.3) is 0 Å². The highest BCUT2D eigenvalue weighted by Gasteiger charge is 2.65. The molecule has 2 aliphatic rings.